The number of fused-ring (bicyclic) bond motifs is 3. The van der Waals surface area contributed by atoms with E-state index in [9.17, 15) is 0 Å². The molecular formula is C43H28N2. The lowest BCUT2D eigenvalue weighted by Crippen LogP contribution is -2.16. The van der Waals surface area contributed by atoms with Crippen molar-refractivity contribution in [1.82, 2.24) is 9.13 Å². The normalized spacial score (nSPS) is 14.2. The van der Waals surface area contributed by atoms with Crippen molar-refractivity contribution in [2.24, 2.45) is 0 Å². The summed E-state index contributed by atoms with van der Waals surface area (Å²) in [5.41, 5.74) is 12.8. The Hall–Kier alpha value is -5.60. The molecule has 2 heterocycles. The predicted molar refractivity (Wildman–Crippen MR) is 190 cm³/mol. The number of hydrogen-bond donors (Lipinski definition) is 0. The first kappa shape index (κ1) is 23.8. The third-order valence-corrected chi connectivity index (χ3v) is 10.8. The summed E-state index contributed by atoms with van der Waals surface area (Å²) in [7, 11) is 0. The highest BCUT2D eigenvalue weighted by Gasteiger charge is 2.36. The summed E-state index contributed by atoms with van der Waals surface area (Å²) in [6, 6.07) is 50.1. The van der Waals surface area contributed by atoms with E-state index in [1.807, 2.05) is 0 Å². The van der Waals surface area contributed by atoms with Crippen molar-refractivity contribution >= 4 is 65.2 Å². The fourth-order valence-electron chi connectivity index (χ4n) is 8.79. The summed E-state index contributed by atoms with van der Waals surface area (Å²) in [6.07, 6.45) is 0. The van der Waals surface area contributed by atoms with Crippen molar-refractivity contribution < 1.29 is 0 Å². The van der Waals surface area contributed by atoms with E-state index in [-0.39, 0.29) is 5.41 Å². The summed E-state index contributed by atoms with van der Waals surface area (Å²) in [5, 5.41) is 10.6. The van der Waals surface area contributed by atoms with Gasteiger partial charge in [0.05, 0.1) is 22.1 Å². The second kappa shape index (κ2) is 7.91. The smallest absolute Gasteiger partial charge is 0.0547 e. The standard InChI is InChI=1S/C43H28N2/c1-43(2)33-23-29(44-35-11-3-7-25-15-16-26-8-4-12-36(44)40(26)39(25)35)19-21-31(33)32-22-20-30(24-34(32)43)45-37-13-5-9-27-17-18-28-10-6-14-38(45)42(28)41(27)37/h3-24H,1-2H3. The van der Waals surface area contributed by atoms with Crippen LogP contribution in [0.4, 0.5) is 0 Å². The summed E-state index contributed by atoms with van der Waals surface area (Å²) in [6.45, 7) is 4.79. The Morgan fingerprint density at radius 1 is 0.378 bits per heavy atom. The molecule has 0 bridgehead atoms. The molecule has 45 heavy (non-hydrogen) atoms. The van der Waals surface area contributed by atoms with Crippen LogP contribution in [0.2, 0.25) is 0 Å². The highest BCUT2D eigenvalue weighted by molar-refractivity contribution is 6.25. The Morgan fingerprint density at radius 2 is 0.711 bits per heavy atom. The van der Waals surface area contributed by atoms with Gasteiger partial charge >= 0.3 is 0 Å². The predicted octanol–water partition coefficient (Wildman–Crippen LogP) is 11.4. The third-order valence-electron chi connectivity index (χ3n) is 10.8. The van der Waals surface area contributed by atoms with Crippen LogP contribution >= 0.6 is 0 Å². The van der Waals surface area contributed by atoms with Crippen LogP contribution in [-0.4, -0.2) is 9.13 Å². The van der Waals surface area contributed by atoms with E-state index < -0.39 is 0 Å². The van der Waals surface area contributed by atoms with Gasteiger partial charge in [0.1, 0.15) is 0 Å². The minimum atomic E-state index is -0.147. The van der Waals surface area contributed by atoms with Gasteiger partial charge in [-0.05, 0) is 92.3 Å². The fourth-order valence-corrected chi connectivity index (χ4v) is 8.79. The number of aromatic nitrogens is 2. The highest BCUT2D eigenvalue weighted by atomic mass is 15.0. The topological polar surface area (TPSA) is 9.86 Å². The molecule has 1 aliphatic rings. The van der Waals surface area contributed by atoms with Crippen LogP contribution in [-0.2, 0) is 5.41 Å². The zero-order valence-corrected chi connectivity index (χ0v) is 25.1. The summed E-state index contributed by atoms with van der Waals surface area (Å²) >= 11 is 0. The van der Waals surface area contributed by atoms with E-state index in [2.05, 4.69) is 156 Å². The lowest BCUT2D eigenvalue weighted by molar-refractivity contribution is 0.659. The summed E-state index contributed by atoms with van der Waals surface area (Å²) in [5.74, 6) is 0. The molecule has 0 saturated heterocycles. The largest absolute Gasteiger partial charge is 0.309 e. The van der Waals surface area contributed by atoms with Crippen LogP contribution in [0.5, 0.6) is 0 Å². The van der Waals surface area contributed by atoms with Crippen LogP contribution in [0, 0.1) is 0 Å². The average molecular weight is 573 g/mol. The van der Waals surface area contributed by atoms with Gasteiger partial charge in [-0.2, -0.15) is 0 Å². The molecule has 2 aromatic heterocycles. The van der Waals surface area contributed by atoms with Crippen molar-refractivity contribution in [3.8, 4) is 22.5 Å². The van der Waals surface area contributed by atoms with E-state index in [0.717, 1.165) is 0 Å². The maximum absolute atomic E-state index is 2.47. The number of rotatable bonds is 2. The molecule has 0 fully saturated rings. The Balaban J connectivity index is 1.13. The zero-order valence-electron chi connectivity index (χ0n) is 25.1. The molecule has 0 unspecified atom stereocenters. The van der Waals surface area contributed by atoms with Crippen molar-refractivity contribution in [3.05, 3.63) is 145 Å². The first-order chi connectivity index (χ1) is 22.1. The molecule has 2 nitrogen and oxygen atoms in total. The SMILES string of the molecule is CC1(C)c2cc(-n3c4cccc5ccc6cccc3c6c54)ccc2-c2ccc(-n3c4cccc5ccc6cccc3c6c54)cc21. The van der Waals surface area contributed by atoms with Gasteiger partial charge in [-0.3, -0.25) is 0 Å². The molecule has 1 aliphatic carbocycles. The fraction of sp³-hybridized carbons (Fsp3) is 0.0698. The second-order valence-electron chi connectivity index (χ2n) is 13.4. The first-order valence-corrected chi connectivity index (χ1v) is 15.9. The molecule has 0 atom stereocenters. The quantitative estimate of drug-likeness (QED) is 0.182. The Kier molecular flexibility index (Phi) is 4.19. The van der Waals surface area contributed by atoms with Crippen molar-refractivity contribution in [2.45, 2.75) is 19.3 Å². The van der Waals surface area contributed by atoms with Crippen molar-refractivity contribution in [2.75, 3.05) is 0 Å². The molecule has 0 amide bonds. The summed E-state index contributed by atoms with van der Waals surface area (Å²) in [4.78, 5) is 0. The molecule has 0 aliphatic heterocycles. The molecule has 8 aromatic carbocycles. The molecule has 210 valence electrons. The minimum Gasteiger partial charge on any atom is -0.309 e. The van der Waals surface area contributed by atoms with Crippen LogP contribution in [0.15, 0.2) is 133 Å². The van der Waals surface area contributed by atoms with Crippen LogP contribution in [0.3, 0.4) is 0 Å². The molecule has 2 heteroatoms. The first-order valence-electron chi connectivity index (χ1n) is 15.9. The number of benzene rings is 8. The van der Waals surface area contributed by atoms with Crippen molar-refractivity contribution in [1.29, 1.82) is 0 Å². The Bertz CT molecular complexity index is 2510. The minimum absolute atomic E-state index is 0.147. The number of hydrogen-bond acceptors (Lipinski definition) is 0. The van der Waals surface area contributed by atoms with Gasteiger partial charge < -0.3 is 9.13 Å². The lowest BCUT2D eigenvalue weighted by Gasteiger charge is -2.23. The highest BCUT2D eigenvalue weighted by Crippen LogP contribution is 2.51. The van der Waals surface area contributed by atoms with Gasteiger partial charge in [-0.25, -0.2) is 0 Å². The Morgan fingerprint density at radius 3 is 1.04 bits per heavy atom. The van der Waals surface area contributed by atoms with Crippen LogP contribution in [0.25, 0.3) is 87.7 Å². The van der Waals surface area contributed by atoms with E-state index in [4.69, 9.17) is 0 Å². The zero-order chi connectivity index (χ0) is 29.6. The van der Waals surface area contributed by atoms with Gasteiger partial charge in [0, 0.05) is 38.3 Å². The monoisotopic (exact) mass is 572 g/mol. The van der Waals surface area contributed by atoms with E-state index >= 15 is 0 Å². The molecule has 0 radical (unpaired) electrons. The van der Waals surface area contributed by atoms with Gasteiger partial charge in [0.2, 0.25) is 0 Å². The summed E-state index contributed by atoms with van der Waals surface area (Å²) < 4.78 is 4.94. The molecule has 10 aromatic rings. The van der Waals surface area contributed by atoms with Crippen LogP contribution in [0.1, 0.15) is 25.0 Å². The van der Waals surface area contributed by atoms with Gasteiger partial charge in [-0.1, -0.05) is 98.8 Å². The number of nitrogens with zero attached hydrogens (tertiary/aromatic N) is 2. The van der Waals surface area contributed by atoms with E-state index in [1.165, 1.54) is 98.8 Å². The lowest BCUT2D eigenvalue weighted by atomic mass is 9.82. The Labute approximate surface area is 260 Å². The average Bonchev–Trinajstić information content (AvgIpc) is 3.68. The van der Waals surface area contributed by atoms with Gasteiger partial charge in [0.15, 0.2) is 0 Å². The van der Waals surface area contributed by atoms with Crippen LogP contribution < -0.4 is 0 Å². The van der Waals surface area contributed by atoms with E-state index in [0.29, 0.717) is 0 Å². The molecule has 0 spiro atoms. The third kappa shape index (κ3) is 2.82. The maximum atomic E-state index is 2.47. The molecule has 0 N–H and O–H groups in total. The second-order valence-corrected chi connectivity index (χ2v) is 13.4. The van der Waals surface area contributed by atoms with Crippen molar-refractivity contribution in [3.63, 3.8) is 0 Å². The maximum Gasteiger partial charge on any atom is 0.0547 e. The van der Waals surface area contributed by atoms with Gasteiger partial charge in [0.25, 0.3) is 0 Å². The molecule has 0 saturated carbocycles. The van der Waals surface area contributed by atoms with E-state index in [1.54, 1.807) is 0 Å². The molecular weight excluding hydrogens is 544 g/mol. The van der Waals surface area contributed by atoms with Gasteiger partial charge in [-0.15, -0.1) is 0 Å². The molecule has 11 rings (SSSR count).